The number of rotatable bonds is 2. The third kappa shape index (κ3) is 1.79. The summed E-state index contributed by atoms with van der Waals surface area (Å²) in [6.45, 7) is 0.806. The second-order valence-electron chi connectivity index (χ2n) is 3.66. The van der Waals surface area contributed by atoms with E-state index in [0.29, 0.717) is 5.92 Å². The van der Waals surface area contributed by atoms with Gasteiger partial charge < -0.3 is 5.73 Å². The second-order valence-corrected chi connectivity index (χ2v) is 4.57. The molecule has 2 rings (SSSR count). The topological polar surface area (TPSA) is 26.0 Å². The highest BCUT2D eigenvalue weighted by Crippen LogP contribution is 2.36. The van der Waals surface area contributed by atoms with Crippen LogP contribution >= 0.6 is 15.9 Å². The van der Waals surface area contributed by atoms with Gasteiger partial charge in [0.05, 0.1) is 0 Å². The molecule has 1 atom stereocenters. The van der Waals surface area contributed by atoms with Crippen LogP contribution in [0.25, 0.3) is 0 Å². The van der Waals surface area contributed by atoms with Gasteiger partial charge in [-0.15, -0.1) is 0 Å². The number of fused-ring (bicyclic) bond motifs is 1. The van der Waals surface area contributed by atoms with Gasteiger partial charge in [0.25, 0.3) is 0 Å². The fraction of sp³-hybridized carbons (Fsp3) is 0.455. The Labute approximate surface area is 87.5 Å². The lowest BCUT2D eigenvalue weighted by molar-refractivity contribution is 0.627. The lowest BCUT2D eigenvalue weighted by Gasteiger charge is -2.09. The molecule has 2 N–H and O–H groups in total. The Kier molecular flexibility index (Phi) is 2.70. The highest BCUT2D eigenvalue weighted by atomic mass is 79.9. The first-order valence-electron chi connectivity index (χ1n) is 4.79. The molecule has 13 heavy (non-hydrogen) atoms. The quantitative estimate of drug-likeness (QED) is 0.845. The van der Waals surface area contributed by atoms with Crippen LogP contribution < -0.4 is 5.73 Å². The Morgan fingerprint density at radius 2 is 2.31 bits per heavy atom. The monoisotopic (exact) mass is 239 g/mol. The molecule has 1 aliphatic rings. The van der Waals surface area contributed by atoms with Crippen molar-refractivity contribution in [1.82, 2.24) is 0 Å². The molecule has 1 aliphatic carbocycles. The first-order chi connectivity index (χ1) is 6.31. The van der Waals surface area contributed by atoms with Crippen LogP contribution in [0, 0.1) is 0 Å². The Balaban J connectivity index is 2.27. The lowest BCUT2D eigenvalue weighted by atomic mass is 9.98. The van der Waals surface area contributed by atoms with E-state index in [4.69, 9.17) is 5.73 Å². The van der Waals surface area contributed by atoms with E-state index >= 15 is 0 Å². The first-order valence-corrected chi connectivity index (χ1v) is 5.59. The molecule has 0 saturated carbocycles. The molecule has 0 fully saturated rings. The first kappa shape index (κ1) is 9.22. The molecule has 0 aliphatic heterocycles. The van der Waals surface area contributed by atoms with Crippen molar-refractivity contribution >= 4 is 15.9 Å². The van der Waals surface area contributed by atoms with E-state index in [1.807, 2.05) is 0 Å². The van der Waals surface area contributed by atoms with Gasteiger partial charge in [0, 0.05) is 4.47 Å². The minimum atomic E-state index is 0.716. The van der Waals surface area contributed by atoms with Crippen molar-refractivity contribution in [1.29, 1.82) is 0 Å². The van der Waals surface area contributed by atoms with Gasteiger partial charge in [0.15, 0.2) is 0 Å². The second kappa shape index (κ2) is 3.81. The number of hydrogen-bond donors (Lipinski definition) is 1. The van der Waals surface area contributed by atoms with E-state index in [0.717, 1.165) is 13.0 Å². The van der Waals surface area contributed by atoms with Crippen LogP contribution in [0.4, 0.5) is 0 Å². The molecule has 0 aromatic heterocycles. The number of nitrogens with two attached hydrogens (primary N) is 1. The third-order valence-corrected chi connectivity index (χ3v) is 3.32. The largest absolute Gasteiger partial charge is 0.330 e. The summed E-state index contributed by atoms with van der Waals surface area (Å²) in [6.07, 6.45) is 3.64. The van der Waals surface area contributed by atoms with Gasteiger partial charge in [0.1, 0.15) is 0 Å². The highest BCUT2D eigenvalue weighted by Gasteiger charge is 2.21. The molecule has 2 heteroatoms. The highest BCUT2D eigenvalue weighted by molar-refractivity contribution is 9.10. The summed E-state index contributed by atoms with van der Waals surface area (Å²) >= 11 is 3.50. The number of halogens is 1. The predicted molar refractivity (Wildman–Crippen MR) is 58.9 cm³/mol. The van der Waals surface area contributed by atoms with E-state index in [1.165, 1.54) is 28.4 Å². The summed E-state index contributed by atoms with van der Waals surface area (Å²) in [5, 5.41) is 0. The number of aryl methyl sites for hydroxylation is 1. The van der Waals surface area contributed by atoms with Crippen molar-refractivity contribution in [2.24, 2.45) is 5.73 Å². The smallest absolute Gasteiger partial charge is 0.0178 e. The van der Waals surface area contributed by atoms with Gasteiger partial charge >= 0.3 is 0 Å². The molecule has 0 heterocycles. The molecule has 70 valence electrons. The molecule has 0 radical (unpaired) electrons. The van der Waals surface area contributed by atoms with Crippen LogP contribution in [0.2, 0.25) is 0 Å². The normalized spacial score (nSPS) is 20.3. The van der Waals surface area contributed by atoms with Crippen LogP contribution in [-0.4, -0.2) is 6.54 Å². The zero-order chi connectivity index (χ0) is 9.26. The van der Waals surface area contributed by atoms with Crippen molar-refractivity contribution in [3.63, 3.8) is 0 Å². The summed E-state index contributed by atoms with van der Waals surface area (Å²) in [4.78, 5) is 0. The lowest BCUT2D eigenvalue weighted by Crippen LogP contribution is -2.04. The average molecular weight is 240 g/mol. The van der Waals surface area contributed by atoms with E-state index in [2.05, 4.69) is 34.1 Å². The van der Waals surface area contributed by atoms with Crippen molar-refractivity contribution in [2.75, 3.05) is 6.54 Å². The van der Waals surface area contributed by atoms with Gasteiger partial charge in [-0.1, -0.05) is 22.0 Å². The maximum atomic E-state index is 5.59. The molecular weight excluding hydrogens is 226 g/mol. The summed E-state index contributed by atoms with van der Waals surface area (Å²) in [6, 6.07) is 6.62. The van der Waals surface area contributed by atoms with Gasteiger partial charge in [-0.05, 0) is 55.0 Å². The van der Waals surface area contributed by atoms with Crippen LogP contribution in [0.15, 0.2) is 22.7 Å². The van der Waals surface area contributed by atoms with Crippen LogP contribution in [0.3, 0.4) is 0 Å². The molecule has 1 aromatic rings. The van der Waals surface area contributed by atoms with E-state index in [-0.39, 0.29) is 0 Å². The van der Waals surface area contributed by atoms with Crippen molar-refractivity contribution in [3.05, 3.63) is 33.8 Å². The van der Waals surface area contributed by atoms with Gasteiger partial charge in [-0.2, -0.15) is 0 Å². The zero-order valence-corrected chi connectivity index (χ0v) is 9.18. The Hall–Kier alpha value is -0.340. The molecule has 0 amide bonds. The molecule has 1 unspecified atom stereocenters. The standard InChI is InChI=1S/C11H14BrN/c12-10-3-4-11-8(5-6-13)1-2-9(11)7-10/h3-4,7-8H,1-2,5-6,13H2. The molecule has 0 spiro atoms. The van der Waals surface area contributed by atoms with Crippen LogP contribution in [0.5, 0.6) is 0 Å². The Morgan fingerprint density at radius 1 is 1.46 bits per heavy atom. The van der Waals surface area contributed by atoms with Crippen LogP contribution in [-0.2, 0) is 6.42 Å². The van der Waals surface area contributed by atoms with Crippen molar-refractivity contribution in [2.45, 2.75) is 25.2 Å². The van der Waals surface area contributed by atoms with Gasteiger partial charge in [-0.25, -0.2) is 0 Å². The minimum absolute atomic E-state index is 0.716. The van der Waals surface area contributed by atoms with E-state index in [1.54, 1.807) is 0 Å². The molecular formula is C11H14BrN. The third-order valence-electron chi connectivity index (χ3n) is 2.82. The molecule has 1 aromatic carbocycles. The van der Waals surface area contributed by atoms with Crippen molar-refractivity contribution in [3.8, 4) is 0 Å². The van der Waals surface area contributed by atoms with Crippen LogP contribution in [0.1, 0.15) is 29.9 Å². The molecule has 0 saturated heterocycles. The van der Waals surface area contributed by atoms with Crippen molar-refractivity contribution < 1.29 is 0 Å². The molecule has 0 bridgehead atoms. The van der Waals surface area contributed by atoms with E-state index in [9.17, 15) is 0 Å². The minimum Gasteiger partial charge on any atom is -0.330 e. The average Bonchev–Trinajstić information content (AvgIpc) is 2.49. The van der Waals surface area contributed by atoms with Gasteiger partial charge in [-0.3, -0.25) is 0 Å². The SMILES string of the molecule is NCCC1CCc2cc(Br)ccc21. The summed E-state index contributed by atoms with van der Waals surface area (Å²) in [7, 11) is 0. The Morgan fingerprint density at radius 3 is 3.08 bits per heavy atom. The predicted octanol–water partition coefficient (Wildman–Crippen LogP) is 2.83. The molecule has 1 nitrogen and oxygen atoms in total. The summed E-state index contributed by atoms with van der Waals surface area (Å²) in [5.41, 5.74) is 8.62. The maximum absolute atomic E-state index is 5.59. The summed E-state index contributed by atoms with van der Waals surface area (Å²) < 4.78 is 1.19. The maximum Gasteiger partial charge on any atom is 0.0178 e. The number of benzene rings is 1. The fourth-order valence-corrected chi connectivity index (χ4v) is 2.58. The zero-order valence-electron chi connectivity index (χ0n) is 7.59. The van der Waals surface area contributed by atoms with Gasteiger partial charge in [0.2, 0.25) is 0 Å². The number of hydrogen-bond acceptors (Lipinski definition) is 1. The van der Waals surface area contributed by atoms with E-state index < -0.39 is 0 Å². The summed E-state index contributed by atoms with van der Waals surface area (Å²) in [5.74, 6) is 0.716. The fourth-order valence-electron chi connectivity index (χ4n) is 2.18. The Bertz CT molecular complexity index is 309.